The fraction of sp³-hybridized carbons (Fsp3) is 0.238. The first kappa shape index (κ1) is 18.7. The molecule has 0 bridgehead atoms. The summed E-state index contributed by atoms with van der Waals surface area (Å²) in [7, 11) is 0. The van der Waals surface area contributed by atoms with Crippen LogP contribution in [-0.4, -0.2) is 33.2 Å². The second-order valence-electron chi connectivity index (χ2n) is 6.92. The molecule has 1 aliphatic rings. The van der Waals surface area contributed by atoms with Crippen LogP contribution in [-0.2, 0) is 9.59 Å². The Morgan fingerprint density at radius 3 is 2.93 bits per heavy atom. The minimum Gasteiger partial charge on any atom is -0.483 e. The summed E-state index contributed by atoms with van der Waals surface area (Å²) in [6.45, 7) is 3.81. The number of carbonyl (C=O) groups is 2. The number of aryl methyl sites for hydroxylation is 1. The van der Waals surface area contributed by atoms with Gasteiger partial charge in [0, 0.05) is 11.3 Å². The van der Waals surface area contributed by atoms with E-state index < -0.39 is 0 Å². The van der Waals surface area contributed by atoms with Crippen molar-refractivity contribution in [2.45, 2.75) is 26.3 Å². The van der Waals surface area contributed by atoms with Crippen LogP contribution in [0.15, 0.2) is 48.8 Å². The number of para-hydroxylation sites is 1. The van der Waals surface area contributed by atoms with Gasteiger partial charge in [0.15, 0.2) is 6.61 Å². The number of rotatable bonds is 5. The highest BCUT2D eigenvalue weighted by Gasteiger charge is 2.29. The van der Waals surface area contributed by atoms with Gasteiger partial charge >= 0.3 is 0 Å². The molecule has 148 valence electrons. The number of ether oxygens (including phenoxy) is 1. The Morgan fingerprint density at radius 1 is 1.24 bits per heavy atom. The van der Waals surface area contributed by atoms with E-state index in [9.17, 15) is 9.59 Å². The second kappa shape index (κ2) is 7.75. The van der Waals surface area contributed by atoms with E-state index in [0.29, 0.717) is 11.7 Å². The lowest BCUT2D eigenvalue weighted by atomic mass is 10.0. The molecule has 0 fully saturated rings. The van der Waals surface area contributed by atoms with Crippen LogP contribution < -0.4 is 15.4 Å². The number of hydrogen-bond acceptors (Lipinski definition) is 5. The number of aromatic nitrogens is 3. The lowest BCUT2D eigenvalue weighted by Crippen LogP contribution is -2.29. The predicted molar refractivity (Wildman–Crippen MR) is 108 cm³/mol. The maximum atomic E-state index is 12.4. The van der Waals surface area contributed by atoms with E-state index in [4.69, 9.17) is 4.74 Å². The number of amides is 2. The predicted octanol–water partition coefficient (Wildman–Crippen LogP) is 2.84. The van der Waals surface area contributed by atoms with Gasteiger partial charge in [-0.1, -0.05) is 30.3 Å². The summed E-state index contributed by atoms with van der Waals surface area (Å²) in [5.41, 5.74) is 3.66. The van der Waals surface area contributed by atoms with Crippen LogP contribution in [0.5, 0.6) is 5.75 Å². The number of fused-ring (bicyclic) bond motifs is 1. The molecule has 0 radical (unpaired) electrons. The molecule has 29 heavy (non-hydrogen) atoms. The van der Waals surface area contributed by atoms with Crippen molar-refractivity contribution in [3.05, 3.63) is 65.5 Å². The van der Waals surface area contributed by atoms with Gasteiger partial charge in [-0.05, 0) is 37.1 Å². The molecule has 0 unspecified atom stereocenters. The first-order valence-corrected chi connectivity index (χ1v) is 9.30. The van der Waals surface area contributed by atoms with E-state index in [-0.39, 0.29) is 30.9 Å². The molecule has 4 rings (SSSR count). The molecule has 0 aliphatic carbocycles. The number of anilines is 2. The van der Waals surface area contributed by atoms with Gasteiger partial charge < -0.3 is 10.1 Å². The first-order valence-electron chi connectivity index (χ1n) is 9.30. The van der Waals surface area contributed by atoms with Crippen molar-refractivity contribution >= 4 is 23.5 Å². The smallest absolute Gasteiger partial charge is 0.262 e. The molecular formula is C21H21N5O3. The van der Waals surface area contributed by atoms with E-state index >= 15 is 0 Å². The van der Waals surface area contributed by atoms with Gasteiger partial charge in [0.1, 0.15) is 12.1 Å². The van der Waals surface area contributed by atoms with Crippen LogP contribution in [0.4, 0.5) is 11.6 Å². The zero-order valence-corrected chi connectivity index (χ0v) is 16.2. The van der Waals surface area contributed by atoms with Crippen molar-refractivity contribution in [1.29, 1.82) is 0 Å². The highest BCUT2D eigenvalue weighted by molar-refractivity contribution is 5.93. The van der Waals surface area contributed by atoms with Gasteiger partial charge in [0.25, 0.3) is 5.91 Å². The van der Waals surface area contributed by atoms with Crippen LogP contribution >= 0.6 is 0 Å². The standard InChI is InChI=1S/C21H21N5O3/c1-13-6-5-8-16(14(13)2)24-20(28)11-29-18-9-4-3-7-15(18)17-10-19(27)25-21-22-12-23-26(17)21/h3-9,12,17H,10-11H2,1-2H3,(H,24,28)(H,22,23,25,27)/t17-/m1/s1. The summed E-state index contributed by atoms with van der Waals surface area (Å²) in [5, 5.41) is 9.79. The quantitative estimate of drug-likeness (QED) is 0.697. The molecule has 8 nitrogen and oxygen atoms in total. The Bertz CT molecular complexity index is 1080. The molecule has 2 amide bonds. The minimum atomic E-state index is -0.348. The number of hydrogen-bond donors (Lipinski definition) is 2. The largest absolute Gasteiger partial charge is 0.483 e. The fourth-order valence-corrected chi connectivity index (χ4v) is 3.35. The summed E-state index contributed by atoms with van der Waals surface area (Å²) >= 11 is 0. The number of benzene rings is 2. The van der Waals surface area contributed by atoms with Gasteiger partial charge in [-0.3, -0.25) is 14.9 Å². The third-order valence-corrected chi connectivity index (χ3v) is 5.01. The Hall–Kier alpha value is -3.68. The highest BCUT2D eigenvalue weighted by Crippen LogP contribution is 2.34. The summed E-state index contributed by atoms with van der Waals surface area (Å²) in [5.74, 6) is 0.535. The van der Waals surface area contributed by atoms with E-state index in [2.05, 4.69) is 20.7 Å². The van der Waals surface area contributed by atoms with Gasteiger partial charge in [0.05, 0.1) is 12.5 Å². The maximum Gasteiger partial charge on any atom is 0.262 e. The maximum absolute atomic E-state index is 12.4. The van der Waals surface area contributed by atoms with E-state index in [1.807, 2.05) is 50.2 Å². The third kappa shape index (κ3) is 3.82. The summed E-state index contributed by atoms with van der Waals surface area (Å²) in [6, 6.07) is 12.7. The van der Waals surface area contributed by atoms with Gasteiger partial charge in [-0.2, -0.15) is 10.1 Å². The van der Waals surface area contributed by atoms with Gasteiger partial charge in [-0.15, -0.1) is 0 Å². The molecule has 3 aromatic rings. The number of nitrogens with one attached hydrogen (secondary N) is 2. The van der Waals surface area contributed by atoms with Crippen molar-refractivity contribution in [2.75, 3.05) is 17.2 Å². The van der Waals surface area contributed by atoms with Gasteiger partial charge in [0.2, 0.25) is 11.9 Å². The molecule has 8 heteroatoms. The van der Waals surface area contributed by atoms with Crippen LogP contribution in [0.1, 0.15) is 29.2 Å². The van der Waals surface area contributed by atoms with Crippen molar-refractivity contribution < 1.29 is 14.3 Å². The zero-order valence-electron chi connectivity index (χ0n) is 16.2. The van der Waals surface area contributed by atoms with Crippen molar-refractivity contribution in [3.63, 3.8) is 0 Å². The molecule has 0 saturated carbocycles. The molecule has 1 atom stereocenters. The summed E-state index contributed by atoms with van der Waals surface area (Å²) < 4.78 is 7.47. The Balaban J connectivity index is 1.51. The first-order chi connectivity index (χ1) is 14.0. The Kier molecular flexibility index (Phi) is 4.99. The normalized spacial score (nSPS) is 15.4. The molecule has 2 heterocycles. The van der Waals surface area contributed by atoms with E-state index in [1.54, 1.807) is 10.7 Å². The van der Waals surface area contributed by atoms with E-state index in [1.165, 1.54) is 6.33 Å². The molecule has 0 saturated heterocycles. The Labute approximate surface area is 167 Å². The number of carbonyl (C=O) groups excluding carboxylic acids is 2. The molecular weight excluding hydrogens is 370 g/mol. The lowest BCUT2D eigenvalue weighted by Gasteiger charge is -2.25. The molecule has 2 aromatic carbocycles. The minimum absolute atomic E-state index is 0.141. The molecule has 1 aromatic heterocycles. The topological polar surface area (TPSA) is 98.1 Å². The average molecular weight is 391 g/mol. The van der Waals surface area contributed by atoms with Crippen LogP contribution in [0, 0.1) is 13.8 Å². The van der Waals surface area contributed by atoms with Crippen LogP contribution in [0.3, 0.4) is 0 Å². The molecule has 1 aliphatic heterocycles. The lowest BCUT2D eigenvalue weighted by molar-refractivity contribution is -0.118. The second-order valence-corrected chi connectivity index (χ2v) is 6.92. The monoisotopic (exact) mass is 391 g/mol. The SMILES string of the molecule is Cc1cccc(NC(=O)COc2ccccc2[C@H]2CC(=O)Nc3ncnn32)c1C. The van der Waals surface area contributed by atoms with Gasteiger partial charge in [-0.25, -0.2) is 4.68 Å². The van der Waals surface area contributed by atoms with Crippen LogP contribution in [0.2, 0.25) is 0 Å². The van der Waals surface area contributed by atoms with Crippen LogP contribution in [0.25, 0.3) is 0 Å². The van der Waals surface area contributed by atoms with Crippen molar-refractivity contribution in [2.24, 2.45) is 0 Å². The average Bonchev–Trinajstić information content (AvgIpc) is 3.18. The number of nitrogens with zero attached hydrogens (tertiary/aromatic N) is 3. The summed E-state index contributed by atoms with van der Waals surface area (Å²) in [6.07, 6.45) is 1.61. The summed E-state index contributed by atoms with van der Waals surface area (Å²) in [4.78, 5) is 28.5. The molecule has 2 N–H and O–H groups in total. The zero-order chi connectivity index (χ0) is 20.4. The fourth-order valence-electron chi connectivity index (χ4n) is 3.35. The highest BCUT2D eigenvalue weighted by atomic mass is 16.5. The van der Waals surface area contributed by atoms with Crippen molar-refractivity contribution in [3.8, 4) is 5.75 Å². The Morgan fingerprint density at radius 2 is 2.07 bits per heavy atom. The third-order valence-electron chi connectivity index (χ3n) is 5.01. The van der Waals surface area contributed by atoms with E-state index in [0.717, 1.165) is 22.4 Å². The van der Waals surface area contributed by atoms with Crippen molar-refractivity contribution in [1.82, 2.24) is 14.8 Å². The molecule has 0 spiro atoms.